The number of guanidine groups is 1. The smallest absolute Gasteiger partial charge is 0.188 e. The van der Waals surface area contributed by atoms with Crippen LogP contribution in [0.5, 0.6) is 0 Å². The van der Waals surface area contributed by atoms with E-state index in [2.05, 4.69) is 15.3 Å². The summed E-state index contributed by atoms with van der Waals surface area (Å²) >= 11 is 0. The lowest BCUT2D eigenvalue weighted by molar-refractivity contribution is 0.855. The molecule has 13 heavy (non-hydrogen) atoms. The Bertz CT molecular complexity index is 268. The zero-order chi connectivity index (χ0) is 9.52. The van der Waals surface area contributed by atoms with Crippen LogP contribution in [0.15, 0.2) is 29.5 Å². The van der Waals surface area contributed by atoms with Crippen molar-refractivity contribution in [3.63, 3.8) is 0 Å². The second-order valence-corrected chi connectivity index (χ2v) is 2.64. The van der Waals surface area contributed by atoms with E-state index in [0.717, 1.165) is 13.0 Å². The minimum atomic E-state index is 0.481. The Hall–Kier alpha value is -1.58. The molecule has 0 radical (unpaired) electrons. The van der Waals surface area contributed by atoms with Crippen molar-refractivity contribution in [1.82, 2.24) is 10.3 Å². The van der Waals surface area contributed by atoms with Gasteiger partial charge in [0.05, 0.1) is 0 Å². The highest BCUT2D eigenvalue weighted by Crippen LogP contribution is 1.95. The van der Waals surface area contributed by atoms with Crippen molar-refractivity contribution in [2.75, 3.05) is 13.6 Å². The van der Waals surface area contributed by atoms with Crippen LogP contribution < -0.4 is 11.1 Å². The molecule has 0 fully saturated rings. The molecular weight excluding hydrogens is 164 g/mol. The Morgan fingerprint density at radius 2 is 2.23 bits per heavy atom. The monoisotopic (exact) mass is 178 g/mol. The van der Waals surface area contributed by atoms with Gasteiger partial charge in [-0.05, 0) is 24.1 Å². The molecule has 0 aliphatic heterocycles. The summed E-state index contributed by atoms with van der Waals surface area (Å²) in [7, 11) is 1.66. The first-order chi connectivity index (χ1) is 6.33. The molecule has 1 aromatic rings. The molecule has 0 saturated carbocycles. The predicted molar refractivity (Wildman–Crippen MR) is 53.5 cm³/mol. The fraction of sp³-hybridized carbons (Fsp3) is 0.333. The molecule has 4 nitrogen and oxygen atoms in total. The first-order valence-corrected chi connectivity index (χ1v) is 4.18. The molecule has 0 aromatic carbocycles. The molecule has 0 saturated heterocycles. The first kappa shape index (κ1) is 9.51. The third kappa shape index (κ3) is 3.55. The van der Waals surface area contributed by atoms with Crippen LogP contribution in [-0.2, 0) is 6.42 Å². The van der Waals surface area contributed by atoms with Gasteiger partial charge in [-0.15, -0.1) is 0 Å². The normalized spacial score (nSPS) is 11.3. The van der Waals surface area contributed by atoms with E-state index in [1.54, 1.807) is 19.4 Å². The van der Waals surface area contributed by atoms with E-state index in [1.807, 2.05) is 12.1 Å². The van der Waals surface area contributed by atoms with Gasteiger partial charge in [0.15, 0.2) is 5.96 Å². The lowest BCUT2D eigenvalue weighted by Gasteiger charge is -2.03. The third-order valence-electron chi connectivity index (χ3n) is 1.71. The Kier molecular flexibility index (Phi) is 3.75. The summed E-state index contributed by atoms with van der Waals surface area (Å²) in [5, 5.41) is 2.99. The standard InChI is InChI=1S/C9H14N4/c1-11-9(10)13-7-4-8-2-5-12-6-3-8/h2-3,5-6H,4,7H2,1H3,(H3,10,11,13). The molecule has 1 rings (SSSR count). The summed E-state index contributed by atoms with van der Waals surface area (Å²) in [6, 6.07) is 3.97. The molecule has 1 heterocycles. The number of aliphatic imine (C=N–C) groups is 1. The SMILES string of the molecule is CN=C(N)NCCc1ccncc1. The highest BCUT2D eigenvalue weighted by atomic mass is 15.1. The Morgan fingerprint density at radius 3 is 2.85 bits per heavy atom. The van der Waals surface area contributed by atoms with Gasteiger partial charge in [-0.2, -0.15) is 0 Å². The van der Waals surface area contributed by atoms with Crippen molar-refractivity contribution in [1.29, 1.82) is 0 Å². The molecule has 0 aliphatic carbocycles. The quantitative estimate of drug-likeness (QED) is 0.512. The largest absolute Gasteiger partial charge is 0.370 e. The van der Waals surface area contributed by atoms with Gasteiger partial charge < -0.3 is 11.1 Å². The molecule has 4 heteroatoms. The van der Waals surface area contributed by atoms with Crippen molar-refractivity contribution in [3.05, 3.63) is 30.1 Å². The van der Waals surface area contributed by atoms with Crippen LogP contribution in [0, 0.1) is 0 Å². The topological polar surface area (TPSA) is 63.3 Å². The molecular formula is C9H14N4. The summed E-state index contributed by atoms with van der Waals surface area (Å²) in [4.78, 5) is 7.73. The summed E-state index contributed by atoms with van der Waals surface area (Å²) in [6.45, 7) is 0.799. The molecule has 0 spiro atoms. The molecule has 70 valence electrons. The summed E-state index contributed by atoms with van der Waals surface area (Å²) < 4.78 is 0. The van der Waals surface area contributed by atoms with Gasteiger partial charge >= 0.3 is 0 Å². The minimum absolute atomic E-state index is 0.481. The van der Waals surface area contributed by atoms with Crippen molar-refractivity contribution in [3.8, 4) is 0 Å². The number of hydrogen-bond donors (Lipinski definition) is 2. The average molecular weight is 178 g/mol. The zero-order valence-electron chi connectivity index (χ0n) is 7.70. The van der Waals surface area contributed by atoms with Crippen molar-refractivity contribution < 1.29 is 0 Å². The maximum atomic E-state index is 5.46. The van der Waals surface area contributed by atoms with E-state index in [-0.39, 0.29) is 0 Å². The fourth-order valence-electron chi connectivity index (χ4n) is 0.963. The number of nitrogens with zero attached hydrogens (tertiary/aromatic N) is 2. The maximum absolute atomic E-state index is 5.46. The van der Waals surface area contributed by atoms with E-state index in [1.165, 1.54) is 5.56 Å². The van der Waals surface area contributed by atoms with Crippen LogP contribution in [0.4, 0.5) is 0 Å². The molecule has 0 atom stereocenters. The van der Waals surface area contributed by atoms with Crippen LogP contribution in [0.3, 0.4) is 0 Å². The first-order valence-electron chi connectivity index (χ1n) is 4.18. The number of rotatable bonds is 3. The highest BCUT2D eigenvalue weighted by molar-refractivity contribution is 5.77. The van der Waals surface area contributed by atoms with Crippen LogP contribution in [0.25, 0.3) is 0 Å². The molecule has 0 unspecified atom stereocenters. The number of nitrogens with one attached hydrogen (secondary N) is 1. The molecule has 0 aliphatic rings. The number of aromatic nitrogens is 1. The summed E-state index contributed by atoms with van der Waals surface area (Å²) in [5.41, 5.74) is 6.71. The van der Waals surface area contributed by atoms with Crippen LogP contribution in [-0.4, -0.2) is 24.5 Å². The van der Waals surface area contributed by atoms with Crippen LogP contribution in [0.1, 0.15) is 5.56 Å². The highest BCUT2D eigenvalue weighted by Gasteiger charge is 1.91. The van der Waals surface area contributed by atoms with Gasteiger partial charge in [-0.1, -0.05) is 0 Å². The van der Waals surface area contributed by atoms with Gasteiger partial charge in [0, 0.05) is 26.0 Å². The van der Waals surface area contributed by atoms with Crippen molar-refractivity contribution in [2.24, 2.45) is 10.7 Å². The molecule has 3 N–H and O–H groups in total. The Labute approximate surface area is 77.9 Å². The van der Waals surface area contributed by atoms with E-state index < -0.39 is 0 Å². The van der Waals surface area contributed by atoms with Crippen LogP contribution >= 0.6 is 0 Å². The predicted octanol–water partition coefficient (Wildman–Crippen LogP) is 0.158. The fourth-order valence-corrected chi connectivity index (χ4v) is 0.963. The van der Waals surface area contributed by atoms with Gasteiger partial charge in [0.1, 0.15) is 0 Å². The molecule has 1 aromatic heterocycles. The summed E-state index contributed by atoms with van der Waals surface area (Å²) in [6.07, 6.45) is 4.50. The molecule has 0 bridgehead atoms. The zero-order valence-corrected chi connectivity index (χ0v) is 7.70. The van der Waals surface area contributed by atoms with Crippen molar-refractivity contribution in [2.45, 2.75) is 6.42 Å². The van der Waals surface area contributed by atoms with Gasteiger partial charge in [-0.25, -0.2) is 0 Å². The third-order valence-corrected chi connectivity index (χ3v) is 1.71. The molecule has 0 amide bonds. The van der Waals surface area contributed by atoms with Gasteiger partial charge in [-0.3, -0.25) is 9.98 Å². The van der Waals surface area contributed by atoms with Crippen LogP contribution in [0.2, 0.25) is 0 Å². The van der Waals surface area contributed by atoms with E-state index in [0.29, 0.717) is 5.96 Å². The number of pyridine rings is 1. The lowest BCUT2D eigenvalue weighted by atomic mass is 10.2. The Balaban J connectivity index is 2.28. The second kappa shape index (κ2) is 5.13. The maximum Gasteiger partial charge on any atom is 0.188 e. The van der Waals surface area contributed by atoms with E-state index >= 15 is 0 Å². The number of nitrogens with two attached hydrogens (primary N) is 1. The van der Waals surface area contributed by atoms with Gasteiger partial charge in [0.25, 0.3) is 0 Å². The van der Waals surface area contributed by atoms with E-state index in [4.69, 9.17) is 5.73 Å². The average Bonchev–Trinajstić information content (AvgIpc) is 2.19. The minimum Gasteiger partial charge on any atom is -0.370 e. The van der Waals surface area contributed by atoms with E-state index in [9.17, 15) is 0 Å². The summed E-state index contributed by atoms with van der Waals surface area (Å²) in [5.74, 6) is 0.481. The van der Waals surface area contributed by atoms with Crippen molar-refractivity contribution >= 4 is 5.96 Å². The lowest BCUT2D eigenvalue weighted by Crippen LogP contribution is -2.32. The van der Waals surface area contributed by atoms with Gasteiger partial charge in [0.2, 0.25) is 0 Å². The Morgan fingerprint density at radius 1 is 1.54 bits per heavy atom. The second-order valence-electron chi connectivity index (χ2n) is 2.64. The number of hydrogen-bond acceptors (Lipinski definition) is 2.